The third-order valence-electron chi connectivity index (χ3n) is 5.57. The van der Waals surface area contributed by atoms with Crippen LogP contribution in [0.4, 0.5) is 18.9 Å². The number of benzene rings is 2. The van der Waals surface area contributed by atoms with Gasteiger partial charge in [-0.1, -0.05) is 18.2 Å². The molecule has 0 fully saturated rings. The van der Waals surface area contributed by atoms with E-state index in [0.29, 0.717) is 42.8 Å². The number of halogens is 3. The zero-order valence-electron chi connectivity index (χ0n) is 16.9. The molecule has 2 heterocycles. The second-order valence-corrected chi connectivity index (χ2v) is 7.60. The van der Waals surface area contributed by atoms with Gasteiger partial charge >= 0.3 is 6.18 Å². The molecule has 0 saturated carbocycles. The van der Waals surface area contributed by atoms with Crippen LogP contribution in [0.15, 0.2) is 42.5 Å². The van der Waals surface area contributed by atoms with Crippen LogP contribution in [0.2, 0.25) is 0 Å². The Morgan fingerprint density at radius 3 is 2.71 bits per heavy atom. The normalized spacial score (nSPS) is 16.9. The Morgan fingerprint density at radius 2 is 1.97 bits per heavy atom. The molecule has 0 atom stereocenters. The molecule has 2 aliphatic heterocycles. The number of ether oxygens (including phenoxy) is 1. The van der Waals surface area contributed by atoms with Gasteiger partial charge < -0.3 is 15.0 Å². The number of hydrogen-bond donors (Lipinski definition) is 1. The molecular weight excluding hydrogens is 409 g/mol. The minimum Gasteiger partial charge on any atom is -0.493 e. The Morgan fingerprint density at radius 1 is 1.16 bits per heavy atom. The number of rotatable bonds is 2. The van der Waals surface area contributed by atoms with Crippen LogP contribution in [0.1, 0.15) is 35.6 Å². The molecule has 31 heavy (non-hydrogen) atoms. The molecule has 2 amide bonds. The van der Waals surface area contributed by atoms with Crippen LogP contribution in [0, 0.1) is 0 Å². The van der Waals surface area contributed by atoms with Crippen molar-refractivity contribution in [3.05, 3.63) is 64.7 Å². The van der Waals surface area contributed by atoms with Crippen LogP contribution in [0.25, 0.3) is 5.57 Å². The molecular formula is C23H21F3N2O3. The van der Waals surface area contributed by atoms with Crippen molar-refractivity contribution in [2.75, 3.05) is 18.5 Å². The average Bonchev–Trinajstić information content (AvgIpc) is 2.73. The van der Waals surface area contributed by atoms with Crippen molar-refractivity contribution in [1.29, 1.82) is 0 Å². The van der Waals surface area contributed by atoms with Crippen molar-refractivity contribution >= 4 is 23.1 Å². The van der Waals surface area contributed by atoms with Crippen LogP contribution in [-0.2, 0) is 28.7 Å². The van der Waals surface area contributed by atoms with E-state index in [4.69, 9.17) is 4.74 Å². The van der Waals surface area contributed by atoms with Crippen molar-refractivity contribution in [3.63, 3.8) is 0 Å². The summed E-state index contributed by atoms with van der Waals surface area (Å²) in [5.41, 5.74) is 2.92. The minimum absolute atomic E-state index is 0.0223. The second-order valence-electron chi connectivity index (χ2n) is 7.60. The summed E-state index contributed by atoms with van der Waals surface area (Å²) in [4.78, 5) is 26.2. The van der Waals surface area contributed by atoms with E-state index in [9.17, 15) is 22.8 Å². The topological polar surface area (TPSA) is 58.6 Å². The Bertz CT molecular complexity index is 1080. The first-order chi connectivity index (χ1) is 14.7. The number of carbonyl (C=O) groups is 2. The van der Waals surface area contributed by atoms with Gasteiger partial charge in [0.15, 0.2) is 0 Å². The number of carbonyl (C=O) groups excluding carboxylic acids is 2. The number of nitrogens with one attached hydrogen (secondary N) is 1. The highest BCUT2D eigenvalue weighted by Gasteiger charge is 2.32. The van der Waals surface area contributed by atoms with Gasteiger partial charge in [-0.15, -0.1) is 0 Å². The molecule has 2 aromatic carbocycles. The van der Waals surface area contributed by atoms with Gasteiger partial charge in [-0.25, -0.2) is 0 Å². The maximum Gasteiger partial charge on any atom is 0.416 e. The number of anilines is 1. The number of amides is 2. The van der Waals surface area contributed by atoms with E-state index in [0.717, 1.165) is 23.3 Å². The lowest BCUT2D eigenvalue weighted by molar-refractivity contribution is -0.137. The number of fused-ring (bicyclic) bond motifs is 2. The van der Waals surface area contributed by atoms with E-state index in [-0.39, 0.29) is 24.2 Å². The molecule has 0 radical (unpaired) electrons. The van der Waals surface area contributed by atoms with Crippen molar-refractivity contribution in [2.45, 2.75) is 32.5 Å². The summed E-state index contributed by atoms with van der Waals surface area (Å²) in [7, 11) is 0. The summed E-state index contributed by atoms with van der Waals surface area (Å²) in [6.07, 6.45) is -1.93. The predicted octanol–water partition coefficient (Wildman–Crippen LogP) is 4.41. The van der Waals surface area contributed by atoms with Gasteiger partial charge in [-0.3, -0.25) is 9.59 Å². The zero-order chi connectivity index (χ0) is 22.2. The lowest BCUT2D eigenvalue weighted by atomic mass is 9.96. The molecule has 1 N–H and O–H groups in total. The van der Waals surface area contributed by atoms with Crippen molar-refractivity contribution in [3.8, 4) is 5.75 Å². The SMILES string of the molecule is CC(=O)N1CCc2cccc(NC(=O)C=C3CCOc4cc(C(F)(F)F)ccc43)c2C1. The summed E-state index contributed by atoms with van der Waals surface area (Å²) >= 11 is 0. The molecule has 0 unspecified atom stereocenters. The molecule has 0 aliphatic carbocycles. The first-order valence-corrected chi connectivity index (χ1v) is 9.94. The molecule has 2 aliphatic rings. The van der Waals surface area contributed by atoms with Crippen LogP contribution >= 0.6 is 0 Å². The smallest absolute Gasteiger partial charge is 0.416 e. The minimum atomic E-state index is -4.46. The molecule has 0 aromatic heterocycles. The average molecular weight is 430 g/mol. The van der Waals surface area contributed by atoms with Crippen LogP contribution in [0.5, 0.6) is 5.75 Å². The molecule has 162 valence electrons. The van der Waals surface area contributed by atoms with Gasteiger partial charge in [0, 0.05) is 43.8 Å². The lowest BCUT2D eigenvalue weighted by Gasteiger charge is -2.29. The largest absolute Gasteiger partial charge is 0.493 e. The Kier molecular flexibility index (Phi) is 5.47. The molecule has 8 heteroatoms. The van der Waals surface area contributed by atoms with Gasteiger partial charge in [0.2, 0.25) is 11.8 Å². The maximum atomic E-state index is 13.0. The van der Waals surface area contributed by atoms with Gasteiger partial charge in [-0.2, -0.15) is 13.2 Å². The van der Waals surface area contributed by atoms with Crippen molar-refractivity contribution in [1.82, 2.24) is 4.90 Å². The monoisotopic (exact) mass is 430 g/mol. The van der Waals surface area contributed by atoms with Crippen LogP contribution in [-0.4, -0.2) is 29.9 Å². The van der Waals surface area contributed by atoms with E-state index in [1.54, 1.807) is 11.0 Å². The molecule has 2 aromatic rings. The quantitative estimate of drug-likeness (QED) is 0.718. The number of alkyl halides is 3. The molecule has 0 spiro atoms. The van der Waals surface area contributed by atoms with Gasteiger partial charge in [0.1, 0.15) is 5.75 Å². The Hall–Kier alpha value is -3.29. The lowest BCUT2D eigenvalue weighted by Crippen LogP contribution is -2.34. The van der Waals surface area contributed by atoms with E-state index >= 15 is 0 Å². The van der Waals surface area contributed by atoms with E-state index in [1.165, 1.54) is 19.1 Å². The first-order valence-electron chi connectivity index (χ1n) is 9.94. The fourth-order valence-corrected chi connectivity index (χ4v) is 3.93. The molecule has 5 nitrogen and oxygen atoms in total. The molecule has 0 saturated heterocycles. The van der Waals surface area contributed by atoms with E-state index in [2.05, 4.69) is 5.32 Å². The third-order valence-corrected chi connectivity index (χ3v) is 5.57. The summed E-state index contributed by atoms with van der Waals surface area (Å²) in [6.45, 7) is 2.78. The van der Waals surface area contributed by atoms with Crippen LogP contribution in [0.3, 0.4) is 0 Å². The Balaban J connectivity index is 1.58. The summed E-state index contributed by atoms with van der Waals surface area (Å²) in [6, 6.07) is 8.91. The first kappa shape index (κ1) is 21.0. The molecule has 4 rings (SSSR count). The van der Waals surface area contributed by atoms with E-state index < -0.39 is 11.7 Å². The van der Waals surface area contributed by atoms with Crippen LogP contribution < -0.4 is 10.1 Å². The fraction of sp³-hybridized carbons (Fsp3) is 0.304. The summed E-state index contributed by atoms with van der Waals surface area (Å²) < 4.78 is 44.3. The predicted molar refractivity (Wildman–Crippen MR) is 109 cm³/mol. The third kappa shape index (κ3) is 4.42. The standard InChI is InChI=1S/C23H21F3N2O3/c1-14(29)28-9-7-15-3-2-4-20(19(15)13-28)27-22(30)11-16-8-10-31-21-12-17(23(24,25)26)5-6-18(16)21/h2-6,11-12H,7-10,13H2,1H3,(H,27,30). The van der Waals surface area contributed by atoms with E-state index in [1.807, 2.05) is 12.1 Å². The highest BCUT2D eigenvalue weighted by molar-refractivity contribution is 6.05. The summed E-state index contributed by atoms with van der Waals surface area (Å²) in [5, 5.41) is 2.87. The zero-order valence-corrected chi connectivity index (χ0v) is 16.9. The Labute approximate surface area is 177 Å². The van der Waals surface area contributed by atoms with Gasteiger partial charge in [0.25, 0.3) is 0 Å². The molecule has 0 bridgehead atoms. The van der Waals surface area contributed by atoms with Gasteiger partial charge in [-0.05, 0) is 41.3 Å². The second kappa shape index (κ2) is 8.09. The summed E-state index contributed by atoms with van der Waals surface area (Å²) in [5.74, 6) is -0.281. The number of hydrogen-bond acceptors (Lipinski definition) is 3. The van der Waals surface area contributed by atoms with Crippen molar-refractivity contribution in [2.24, 2.45) is 0 Å². The fourth-order valence-electron chi connectivity index (χ4n) is 3.93. The van der Waals surface area contributed by atoms with Crippen molar-refractivity contribution < 1.29 is 27.5 Å². The highest BCUT2D eigenvalue weighted by atomic mass is 19.4. The van der Waals surface area contributed by atoms with Gasteiger partial charge in [0.05, 0.1) is 12.2 Å². The number of nitrogens with zero attached hydrogens (tertiary/aromatic N) is 1. The maximum absolute atomic E-state index is 13.0. The highest BCUT2D eigenvalue weighted by Crippen LogP contribution is 2.38.